The van der Waals surface area contributed by atoms with Crippen LogP contribution in [0.25, 0.3) is 0 Å². The normalized spacial score (nSPS) is 20.4. The van der Waals surface area contributed by atoms with E-state index in [1.54, 1.807) is 18.2 Å². The van der Waals surface area contributed by atoms with Crippen molar-refractivity contribution >= 4 is 5.97 Å². The summed E-state index contributed by atoms with van der Waals surface area (Å²) in [7, 11) is 0. The van der Waals surface area contributed by atoms with Gasteiger partial charge in [0.2, 0.25) is 0 Å². The van der Waals surface area contributed by atoms with Crippen LogP contribution in [0.5, 0.6) is 0 Å². The molecule has 2 atom stereocenters. The van der Waals surface area contributed by atoms with E-state index in [-0.39, 0.29) is 6.10 Å². The first kappa shape index (κ1) is 17.6. The van der Waals surface area contributed by atoms with Crippen molar-refractivity contribution < 1.29 is 14.6 Å². The van der Waals surface area contributed by atoms with Gasteiger partial charge in [-0.25, -0.2) is 4.79 Å². The molecule has 2 unspecified atom stereocenters. The molecule has 0 radical (unpaired) electrons. The maximum Gasteiger partial charge on any atom is 0.335 e. The molecule has 3 rings (SSSR count). The average Bonchev–Trinajstić information content (AvgIpc) is 2.63. The van der Waals surface area contributed by atoms with Gasteiger partial charge in [0.1, 0.15) is 0 Å². The number of ether oxygens (including phenoxy) is 1. The van der Waals surface area contributed by atoms with Crippen LogP contribution in [0, 0.1) is 12.8 Å². The minimum Gasteiger partial charge on any atom is -0.478 e. The molecule has 2 N–H and O–H groups in total. The zero-order chi connectivity index (χ0) is 17.6. The van der Waals surface area contributed by atoms with Crippen molar-refractivity contribution in [3.05, 3.63) is 70.8 Å². The smallest absolute Gasteiger partial charge is 0.335 e. The van der Waals surface area contributed by atoms with Gasteiger partial charge in [-0.2, -0.15) is 0 Å². The summed E-state index contributed by atoms with van der Waals surface area (Å²) < 4.78 is 6.05. The van der Waals surface area contributed by atoms with Gasteiger partial charge in [0.25, 0.3) is 0 Å². The van der Waals surface area contributed by atoms with Gasteiger partial charge in [-0.3, -0.25) is 0 Å². The van der Waals surface area contributed by atoms with E-state index in [1.165, 1.54) is 11.1 Å². The highest BCUT2D eigenvalue weighted by molar-refractivity contribution is 5.87. The Bertz CT molecular complexity index is 711. The molecule has 0 aromatic heterocycles. The Kier molecular flexibility index (Phi) is 5.84. The predicted octanol–water partition coefficient (Wildman–Crippen LogP) is 3.95. The summed E-state index contributed by atoms with van der Waals surface area (Å²) in [6, 6.07) is 15.7. The standard InChI is InChI=1S/C21H25NO3/c1-15-7-9-17(10-8-15)20-19(6-3-11-25-20)14-22-13-16-4-2-5-18(12-16)21(23)24/h2,4-5,7-10,12,19-20,22H,3,6,11,13-14H2,1H3,(H,23,24). The SMILES string of the molecule is Cc1ccc(C2OCCCC2CNCc2cccc(C(=O)O)c2)cc1. The highest BCUT2D eigenvalue weighted by Crippen LogP contribution is 2.33. The van der Waals surface area contributed by atoms with E-state index in [0.717, 1.165) is 31.6 Å². The van der Waals surface area contributed by atoms with Crippen molar-refractivity contribution in [3.63, 3.8) is 0 Å². The fourth-order valence-corrected chi connectivity index (χ4v) is 3.39. The molecule has 4 heteroatoms. The summed E-state index contributed by atoms with van der Waals surface area (Å²) in [5.74, 6) is -0.457. The Labute approximate surface area is 148 Å². The van der Waals surface area contributed by atoms with Gasteiger partial charge in [0.05, 0.1) is 11.7 Å². The molecule has 4 nitrogen and oxygen atoms in total. The summed E-state index contributed by atoms with van der Waals surface area (Å²) in [5.41, 5.74) is 3.82. The molecule has 2 aromatic rings. The largest absolute Gasteiger partial charge is 0.478 e. The van der Waals surface area contributed by atoms with Crippen LogP contribution in [0.2, 0.25) is 0 Å². The number of aromatic carboxylic acids is 1. The Morgan fingerprint density at radius 2 is 2.04 bits per heavy atom. The molecule has 1 saturated heterocycles. The fourth-order valence-electron chi connectivity index (χ4n) is 3.39. The Hall–Kier alpha value is -2.17. The molecule has 1 heterocycles. The minimum atomic E-state index is -0.887. The minimum absolute atomic E-state index is 0.132. The van der Waals surface area contributed by atoms with Gasteiger partial charge in [-0.05, 0) is 43.0 Å². The quantitative estimate of drug-likeness (QED) is 0.837. The Morgan fingerprint density at radius 1 is 1.24 bits per heavy atom. The predicted molar refractivity (Wildman–Crippen MR) is 97.7 cm³/mol. The molecule has 0 bridgehead atoms. The van der Waals surface area contributed by atoms with Gasteiger partial charge in [-0.15, -0.1) is 0 Å². The van der Waals surface area contributed by atoms with E-state index < -0.39 is 5.97 Å². The van der Waals surface area contributed by atoms with Gasteiger partial charge in [0.15, 0.2) is 0 Å². The van der Waals surface area contributed by atoms with Crippen LogP contribution in [0.4, 0.5) is 0 Å². The number of nitrogens with one attached hydrogen (secondary N) is 1. The summed E-state index contributed by atoms with van der Waals surface area (Å²) >= 11 is 0. The second kappa shape index (κ2) is 8.28. The number of aryl methyl sites for hydroxylation is 1. The number of benzene rings is 2. The first-order valence-corrected chi connectivity index (χ1v) is 8.84. The molecule has 0 amide bonds. The van der Waals surface area contributed by atoms with Gasteiger partial charge in [-0.1, -0.05) is 42.0 Å². The molecule has 1 aliphatic heterocycles. The summed E-state index contributed by atoms with van der Waals surface area (Å²) in [5, 5.41) is 12.6. The molecule has 0 aliphatic carbocycles. The molecule has 132 valence electrons. The van der Waals surface area contributed by atoms with Gasteiger partial charge >= 0.3 is 5.97 Å². The maximum absolute atomic E-state index is 11.1. The lowest BCUT2D eigenvalue weighted by molar-refractivity contribution is -0.0278. The molecular weight excluding hydrogens is 314 g/mol. The van der Waals surface area contributed by atoms with E-state index in [4.69, 9.17) is 9.84 Å². The van der Waals surface area contributed by atoms with E-state index >= 15 is 0 Å². The van der Waals surface area contributed by atoms with Crippen LogP contribution in [0.3, 0.4) is 0 Å². The number of carboxylic acid groups (broad SMARTS) is 1. The highest BCUT2D eigenvalue weighted by atomic mass is 16.5. The van der Waals surface area contributed by atoms with Crippen LogP contribution in [-0.4, -0.2) is 24.2 Å². The molecule has 0 saturated carbocycles. The van der Waals surface area contributed by atoms with E-state index in [1.807, 2.05) is 6.07 Å². The third-order valence-electron chi connectivity index (χ3n) is 4.76. The van der Waals surface area contributed by atoms with E-state index in [9.17, 15) is 4.79 Å². The van der Waals surface area contributed by atoms with Crippen molar-refractivity contribution in [2.75, 3.05) is 13.2 Å². The zero-order valence-corrected chi connectivity index (χ0v) is 14.6. The highest BCUT2D eigenvalue weighted by Gasteiger charge is 2.27. The van der Waals surface area contributed by atoms with Crippen LogP contribution in [0.15, 0.2) is 48.5 Å². The van der Waals surface area contributed by atoms with Gasteiger partial charge < -0.3 is 15.2 Å². The third-order valence-corrected chi connectivity index (χ3v) is 4.76. The van der Waals surface area contributed by atoms with Gasteiger partial charge in [0, 0.05) is 25.6 Å². The number of hydrogen-bond acceptors (Lipinski definition) is 3. The van der Waals surface area contributed by atoms with Crippen LogP contribution < -0.4 is 5.32 Å². The summed E-state index contributed by atoms with van der Waals surface area (Å²) in [6.45, 7) is 4.43. The molecule has 2 aromatic carbocycles. The maximum atomic E-state index is 11.1. The number of rotatable bonds is 6. The van der Waals surface area contributed by atoms with Crippen molar-refractivity contribution in [1.82, 2.24) is 5.32 Å². The number of carboxylic acids is 1. The van der Waals surface area contributed by atoms with Crippen LogP contribution in [-0.2, 0) is 11.3 Å². The topological polar surface area (TPSA) is 58.6 Å². The lowest BCUT2D eigenvalue weighted by atomic mass is 9.89. The first-order valence-electron chi connectivity index (χ1n) is 8.84. The van der Waals surface area contributed by atoms with Crippen molar-refractivity contribution in [1.29, 1.82) is 0 Å². The fraction of sp³-hybridized carbons (Fsp3) is 0.381. The van der Waals surface area contributed by atoms with E-state index in [0.29, 0.717) is 18.0 Å². The van der Waals surface area contributed by atoms with Crippen molar-refractivity contribution in [3.8, 4) is 0 Å². The molecule has 0 spiro atoms. The van der Waals surface area contributed by atoms with Crippen LogP contribution >= 0.6 is 0 Å². The lowest BCUT2D eigenvalue weighted by Gasteiger charge is -2.32. The molecule has 1 aliphatic rings. The second-order valence-electron chi connectivity index (χ2n) is 6.74. The first-order chi connectivity index (χ1) is 12.1. The Morgan fingerprint density at radius 3 is 2.80 bits per heavy atom. The monoisotopic (exact) mass is 339 g/mol. The lowest BCUT2D eigenvalue weighted by Crippen LogP contribution is -2.31. The van der Waals surface area contributed by atoms with Crippen LogP contribution in [0.1, 0.15) is 46.0 Å². The molecule has 25 heavy (non-hydrogen) atoms. The molecule has 1 fully saturated rings. The molecular formula is C21H25NO3. The van der Waals surface area contributed by atoms with E-state index in [2.05, 4.69) is 36.5 Å². The zero-order valence-electron chi connectivity index (χ0n) is 14.6. The Balaban J connectivity index is 1.59. The third kappa shape index (κ3) is 4.68. The van der Waals surface area contributed by atoms with Crippen molar-refractivity contribution in [2.24, 2.45) is 5.92 Å². The summed E-state index contributed by atoms with van der Waals surface area (Å²) in [6.07, 6.45) is 2.36. The number of carbonyl (C=O) groups is 1. The number of hydrogen-bond donors (Lipinski definition) is 2. The second-order valence-corrected chi connectivity index (χ2v) is 6.74. The van der Waals surface area contributed by atoms with Crippen molar-refractivity contribution in [2.45, 2.75) is 32.4 Å². The average molecular weight is 339 g/mol. The summed E-state index contributed by atoms with van der Waals surface area (Å²) in [4.78, 5) is 11.1.